The van der Waals surface area contributed by atoms with Crippen molar-refractivity contribution in [2.75, 3.05) is 13.2 Å². The summed E-state index contributed by atoms with van der Waals surface area (Å²) in [6, 6.07) is 11.9. The smallest absolute Gasteiger partial charge is 0.144 e. The summed E-state index contributed by atoms with van der Waals surface area (Å²) in [4.78, 5) is 0. The summed E-state index contributed by atoms with van der Waals surface area (Å²) in [5.41, 5.74) is 3.45. The molecule has 0 aromatic heterocycles. The molecule has 0 N–H and O–H groups in total. The van der Waals surface area contributed by atoms with Gasteiger partial charge in [-0.05, 0) is 23.3 Å². The number of ether oxygens (including phenoxy) is 2. The highest BCUT2D eigenvalue weighted by Gasteiger charge is 2.64. The van der Waals surface area contributed by atoms with Gasteiger partial charge in [-0.1, -0.05) is 47.5 Å². The minimum absolute atomic E-state index is 0.425. The largest absolute Gasteiger partial charge is 0.359 e. The minimum Gasteiger partial charge on any atom is -0.359 e. The third-order valence-electron chi connectivity index (χ3n) is 4.57. The predicted molar refractivity (Wildman–Crippen MR) is 76.4 cm³/mol. The molecular formula is C16H10Cl2O2. The quantitative estimate of drug-likeness (QED) is 0.691. The molecule has 2 heterocycles. The number of epoxide rings is 2. The van der Waals surface area contributed by atoms with Gasteiger partial charge in [0.25, 0.3) is 0 Å². The first kappa shape index (κ1) is 11.6. The van der Waals surface area contributed by atoms with Gasteiger partial charge in [-0.15, -0.1) is 0 Å². The Balaban J connectivity index is 1.94. The maximum atomic E-state index is 6.46. The van der Waals surface area contributed by atoms with E-state index in [2.05, 4.69) is 12.1 Å². The fraction of sp³-hybridized carbons (Fsp3) is 0.250. The molecule has 0 saturated carbocycles. The zero-order valence-electron chi connectivity index (χ0n) is 10.5. The molecule has 2 spiro atoms. The molecule has 4 heteroatoms. The second-order valence-corrected chi connectivity index (χ2v) is 6.37. The van der Waals surface area contributed by atoms with E-state index in [0.717, 1.165) is 32.3 Å². The fourth-order valence-electron chi connectivity index (χ4n) is 3.56. The van der Waals surface area contributed by atoms with E-state index in [1.165, 1.54) is 0 Å². The van der Waals surface area contributed by atoms with Gasteiger partial charge in [-0.25, -0.2) is 0 Å². The maximum absolute atomic E-state index is 6.46. The van der Waals surface area contributed by atoms with Crippen molar-refractivity contribution in [3.05, 3.63) is 68.7 Å². The average Bonchev–Trinajstić information content (AvgIpc) is 3.32. The molecule has 3 aliphatic rings. The lowest BCUT2D eigenvalue weighted by Crippen LogP contribution is -2.30. The molecule has 0 radical (unpaired) electrons. The lowest BCUT2D eigenvalue weighted by Gasteiger charge is -2.32. The Labute approximate surface area is 126 Å². The van der Waals surface area contributed by atoms with Crippen molar-refractivity contribution in [1.82, 2.24) is 0 Å². The Bertz CT molecular complexity index is 696. The zero-order chi connectivity index (χ0) is 13.5. The van der Waals surface area contributed by atoms with Crippen LogP contribution in [0.5, 0.6) is 0 Å². The molecule has 2 aliphatic heterocycles. The van der Waals surface area contributed by atoms with Crippen LogP contribution in [0.15, 0.2) is 36.4 Å². The molecule has 2 fully saturated rings. The van der Waals surface area contributed by atoms with Gasteiger partial charge >= 0.3 is 0 Å². The van der Waals surface area contributed by atoms with E-state index in [9.17, 15) is 0 Å². The van der Waals surface area contributed by atoms with E-state index in [4.69, 9.17) is 32.7 Å². The number of benzene rings is 2. The molecule has 2 aromatic rings. The van der Waals surface area contributed by atoms with Crippen LogP contribution in [-0.2, 0) is 20.7 Å². The van der Waals surface area contributed by atoms with Crippen molar-refractivity contribution in [2.24, 2.45) is 0 Å². The Hall–Kier alpha value is -1.06. The molecular weight excluding hydrogens is 295 g/mol. The normalized spacial score (nSPS) is 32.1. The molecule has 2 saturated heterocycles. The molecule has 5 rings (SSSR count). The van der Waals surface area contributed by atoms with Gasteiger partial charge in [-0.2, -0.15) is 0 Å². The second kappa shape index (κ2) is 3.40. The summed E-state index contributed by atoms with van der Waals surface area (Å²) < 4.78 is 11.7. The monoisotopic (exact) mass is 304 g/mol. The van der Waals surface area contributed by atoms with Gasteiger partial charge < -0.3 is 9.47 Å². The van der Waals surface area contributed by atoms with Crippen molar-refractivity contribution < 1.29 is 9.47 Å². The van der Waals surface area contributed by atoms with Crippen molar-refractivity contribution in [2.45, 2.75) is 11.2 Å². The van der Waals surface area contributed by atoms with Crippen LogP contribution in [0.3, 0.4) is 0 Å². The van der Waals surface area contributed by atoms with Crippen molar-refractivity contribution in [3.63, 3.8) is 0 Å². The summed E-state index contributed by atoms with van der Waals surface area (Å²) >= 11 is 12.9. The molecule has 0 bridgehead atoms. The summed E-state index contributed by atoms with van der Waals surface area (Å²) in [5, 5.41) is 1.47. The van der Waals surface area contributed by atoms with Gasteiger partial charge in [-0.3, -0.25) is 0 Å². The van der Waals surface area contributed by atoms with Gasteiger partial charge in [0.15, 0.2) is 0 Å². The van der Waals surface area contributed by atoms with E-state index in [1.807, 2.05) is 24.3 Å². The first-order valence-corrected chi connectivity index (χ1v) is 7.31. The number of hydrogen-bond acceptors (Lipinski definition) is 2. The lowest BCUT2D eigenvalue weighted by molar-refractivity contribution is 0.303. The maximum Gasteiger partial charge on any atom is 0.144 e. The van der Waals surface area contributed by atoms with Crippen LogP contribution in [0.1, 0.15) is 22.3 Å². The van der Waals surface area contributed by atoms with Gasteiger partial charge in [0.2, 0.25) is 0 Å². The second-order valence-electron chi connectivity index (χ2n) is 5.56. The zero-order valence-corrected chi connectivity index (χ0v) is 12.0. The standard InChI is InChI=1S/C16H10Cl2O2/c17-11-5-1-3-9-13(11)16(8-20-16)10-4-2-6-12(18)14(10)15(9)7-19-15/h1-6H,7-8H2. The number of fused-ring (bicyclic) bond motifs is 6. The molecule has 2 atom stereocenters. The van der Waals surface area contributed by atoms with Crippen LogP contribution in [0, 0.1) is 0 Å². The lowest BCUT2D eigenvalue weighted by atomic mass is 9.72. The minimum atomic E-state index is -0.425. The van der Waals surface area contributed by atoms with Crippen LogP contribution < -0.4 is 0 Å². The van der Waals surface area contributed by atoms with Crippen LogP contribution in [0.4, 0.5) is 0 Å². The first-order valence-electron chi connectivity index (χ1n) is 6.56. The van der Waals surface area contributed by atoms with Crippen LogP contribution in [-0.4, -0.2) is 13.2 Å². The Morgan fingerprint density at radius 2 is 1.15 bits per heavy atom. The van der Waals surface area contributed by atoms with E-state index >= 15 is 0 Å². The summed E-state index contributed by atoms with van der Waals surface area (Å²) in [5.74, 6) is 0. The SMILES string of the molecule is Clc1cccc2c1C1(CO1)c1cccc(Cl)c1C21CO1. The Kier molecular flexibility index (Phi) is 1.97. The Morgan fingerprint density at radius 1 is 0.750 bits per heavy atom. The first-order chi connectivity index (χ1) is 9.69. The van der Waals surface area contributed by atoms with Crippen molar-refractivity contribution in [3.8, 4) is 0 Å². The summed E-state index contributed by atoms with van der Waals surface area (Å²) in [7, 11) is 0. The van der Waals surface area contributed by atoms with E-state index in [-0.39, 0.29) is 0 Å². The van der Waals surface area contributed by atoms with E-state index in [0.29, 0.717) is 13.2 Å². The molecule has 2 aromatic carbocycles. The summed E-state index contributed by atoms with van der Waals surface area (Å²) in [6.07, 6.45) is 0. The third kappa shape index (κ3) is 1.16. The van der Waals surface area contributed by atoms with Crippen molar-refractivity contribution >= 4 is 23.2 Å². The molecule has 20 heavy (non-hydrogen) atoms. The van der Waals surface area contributed by atoms with Gasteiger partial charge in [0.05, 0.1) is 13.2 Å². The highest BCUT2D eigenvalue weighted by molar-refractivity contribution is 6.32. The molecule has 1 aliphatic carbocycles. The van der Waals surface area contributed by atoms with E-state index < -0.39 is 11.2 Å². The molecule has 0 amide bonds. The fourth-order valence-corrected chi connectivity index (χ4v) is 4.21. The van der Waals surface area contributed by atoms with Crippen LogP contribution in [0.25, 0.3) is 0 Å². The average molecular weight is 305 g/mol. The summed E-state index contributed by atoms with van der Waals surface area (Å²) in [6.45, 7) is 1.29. The van der Waals surface area contributed by atoms with Gasteiger partial charge in [0, 0.05) is 21.2 Å². The molecule has 100 valence electrons. The van der Waals surface area contributed by atoms with Gasteiger partial charge in [0.1, 0.15) is 11.2 Å². The number of halogens is 2. The van der Waals surface area contributed by atoms with Crippen LogP contribution >= 0.6 is 23.2 Å². The number of hydrogen-bond donors (Lipinski definition) is 0. The highest BCUT2D eigenvalue weighted by atomic mass is 35.5. The van der Waals surface area contributed by atoms with E-state index in [1.54, 1.807) is 0 Å². The van der Waals surface area contributed by atoms with Crippen LogP contribution in [0.2, 0.25) is 10.0 Å². The predicted octanol–water partition coefficient (Wildman–Crippen LogP) is 3.85. The number of rotatable bonds is 0. The highest BCUT2D eigenvalue weighted by Crippen LogP contribution is 2.63. The Morgan fingerprint density at radius 3 is 1.50 bits per heavy atom. The molecule has 2 unspecified atom stereocenters. The van der Waals surface area contributed by atoms with Crippen molar-refractivity contribution in [1.29, 1.82) is 0 Å². The third-order valence-corrected chi connectivity index (χ3v) is 5.20. The molecule has 2 nitrogen and oxygen atoms in total. The topological polar surface area (TPSA) is 25.1 Å².